The third-order valence-electron chi connectivity index (χ3n) is 5.47. The molecule has 0 rings (SSSR count). The molecule has 0 spiro atoms. The van der Waals surface area contributed by atoms with Gasteiger partial charge in [-0.1, -0.05) is 104 Å². The van der Waals surface area contributed by atoms with E-state index in [4.69, 9.17) is 0 Å². The molecule has 0 aromatic carbocycles. The van der Waals surface area contributed by atoms with Gasteiger partial charge in [0.15, 0.2) is 0 Å². The molecule has 0 amide bonds. The smallest absolute Gasteiger partial charge is 0.748 e. The molecule has 0 aromatic heterocycles. The molecular formula is C22H45NaO4S. The van der Waals surface area contributed by atoms with Crippen molar-refractivity contribution in [1.29, 1.82) is 0 Å². The summed E-state index contributed by atoms with van der Waals surface area (Å²) in [6.45, 7) is 4.23. The van der Waals surface area contributed by atoms with Gasteiger partial charge in [-0.2, -0.15) is 0 Å². The Hall–Kier alpha value is 0.870. The fourth-order valence-corrected chi connectivity index (χ4v) is 4.61. The van der Waals surface area contributed by atoms with E-state index in [0.717, 1.165) is 70.6 Å². The van der Waals surface area contributed by atoms with Gasteiger partial charge in [0.1, 0.15) is 0 Å². The second-order valence-corrected chi connectivity index (χ2v) is 9.82. The molecule has 6 heteroatoms. The minimum Gasteiger partial charge on any atom is -0.748 e. The van der Waals surface area contributed by atoms with E-state index in [0.29, 0.717) is 12.8 Å². The van der Waals surface area contributed by atoms with Gasteiger partial charge in [0.25, 0.3) is 0 Å². The van der Waals surface area contributed by atoms with E-state index in [1.54, 1.807) is 0 Å². The first-order valence-electron chi connectivity index (χ1n) is 11.5. The van der Waals surface area contributed by atoms with Crippen LogP contribution in [0.1, 0.15) is 129 Å². The van der Waals surface area contributed by atoms with E-state index in [1.165, 1.54) is 32.1 Å². The molecule has 2 atom stereocenters. The van der Waals surface area contributed by atoms with Crippen LogP contribution < -0.4 is 29.6 Å². The van der Waals surface area contributed by atoms with Crippen LogP contribution in [0.15, 0.2) is 0 Å². The second-order valence-electron chi connectivity index (χ2n) is 8.17. The summed E-state index contributed by atoms with van der Waals surface area (Å²) in [5.74, 6) is 0. The molecule has 0 saturated heterocycles. The van der Waals surface area contributed by atoms with Crippen LogP contribution in [0.25, 0.3) is 0 Å². The number of hydrogen-bond acceptors (Lipinski definition) is 4. The summed E-state index contributed by atoms with van der Waals surface area (Å²) in [5.41, 5.74) is 0. The zero-order valence-corrected chi connectivity index (χ0v) is 21.8. The van der Waals surface area contributed by atoms with Gasteiger partial charge in [-0.05, 0) is 25.7 Å². The summed E-state index contributed by atoms with van der Waals surface area (Å²) >= 11 is 0. The fourth-order valence-electron chi connectivity index (χ4n) is 3.70. The average Bonchev–Trinajstić information content (AvgIpc) is 2.60. The Morgan fingerprint density at radius 2 is 1.04 bits per heavy atom. The maximum Gasteiger partial charge on any atom is 1.00 e. The molecule has 0 fully saturated rings. The van der Waals surface area contributed by atoms with Crippen LogP contribution in [-0.4, -0.2) is 29.4 Å². The van der Waals surface area contributed by atoms with Crippen molar-refractivity contribution in [3.8, 4) is 0 Å². The monoisotopic (exact) mass is 428 g/mol. The number of aliphatic hydroxyl groups is 1. The molecule has 0 radical (unpaired) electrons. The average molecular weight is 429 g/mol. The van der Waals surface area contributed by atoms with Crippen molar-refractivity contribution in [1.82, 2.24) is 0 Å². The van der Waals surface area contributed by atoms with Crippen LogP contribution >= 0.6 is 0 Å². The second kappa shape index (κ2) is 21.1. The van der Waals surface area contributed by atoms with Gasteiger partial charge < -0.3 is 9.66 Å². The molecule has 0 heterocycles. The van der Waals surface area contributed by atoms with Crippen LogP contribution in [0.3, 0.4) is 0 Å². The van der Waals surface area contributed by atoms with Gasteiger partial charge >= 0.3 is 29.6 Å². The summed E-state index contributed by atoms with van der Waals surface area (Å²) in [6, 6.07) is 0. The Labute approximate surface area is 197 Å². The van der Waals surface area contributed by atoms with Crippen molar-refractivity contribution in [2.75, 3.05) is 0 Å². The largest absolute Gasteiger partial charge is 1.00 e. The van der Waals surface area contributed by atoms with E-state index in [2.05, 4.69) is 13.8 Å². The number of unbranched alkanes of at least 4 members (excludes halogenated alkanes) is 11. The minimum atomic E-state index is -4.14. The number of aliphatic hydroxyl groups excluding tert-OH is 1. The van der Waals surface area contributed by atoms with Crippen molar-refractivity contribution in [2.24, 2.45) is 0 Å². The first-order chi connectivity index (χ1) is 12.9. The van der Waals surface area contributed by atoms with E-state index in [-0.39, 0.29) is 35.7 Å². The van der Waals surface area contributed by atoms with Crippen molar-refractivity contribution in [3.05, 3.63) is 0 Å². The molecule has 28 heavy (non-hydrogen) atoms. The van der Waals surface area contributed by atoms with E-state index < -0.39 is 15.4 Å². The Morgan fingerprint density at radius 3 is 1.43 bits per heavy atom. The predicted octanol–water partition coefficient (Wildman–Crippen LogP) is 3.33. The molecule has 0 saturated carbocycles. The summed E-state index contributed by atoms with van der Waals surface area (Å²) in [4.78, 5) is 0. The summed E-state index contributed by atoms with van der Waals surface area (Å²) in [5, 5.41) is 9.01. The molecule has 164 valence electrons. The Kier molecular flexibility index (Phi) is 23.4. The predicted molar refractivity (Wildman–Crippen MR) is 114 cm³/mol. The van der Waals surface area contributed by atoms with E-state index in [1.807, 2.05) is 0 Å². The van der Waals surface area contributed by atoms with Gasteiger partial charge in [-0.3, -0.25) is 0 Å². The summed E-state index contributed by atoms with van der Waals surface area (Å²) in [6.07, 6.45) is 18.3. The van der Waals surface area contributed by atoms with Crippen molar-refractivity contribution in [3.63, 3.8) is 0 Å². The third-order valence-corrected chi connectivity index (χ3v) is 6.76. The molecule has 0 aromatic rings. The zero-order valence-electron chi connectivity index (χ0n) is 19.0. The summed E-state index contributed by atoms with van der Waals surface area (Å²) < 4.78 is 34.2. The molecule has 0 aliphatic heterocycles. The number of rotatable bonds is 20. The maximum absolute atomic E-state index is 11.4. The van der Waals surface area contributed by atoms with Crippen LogP contribution in [0.4, 0.5) is 0 Å². The molecule has 0 bridgehead atoms. The molecule has 0 aliphatic rings. The van der Waals surface area contributed by atoms with Gasteiger partial charge in [0.2, 0.25) is 0 Å². The van der Waals surface area contributed by atoms with Crippen molar-refractivity contribution in [2.45, 2.75) is 141 Å². The van der Waals surface area contributed by atoms with Gasteiger partial charge in [-0.15, -0.1) is 0 Å². The Balaban J connectivity index is 0. The Morgan fingerprint density at radius 1 is 0.643 bits per heavy atom. The van der Waals surface area contributed by atoms with Gasteiger partial charge in [0.05, 0.1) is 16.2 Å². The topological polar surface area (TPSA) is 77.4 Å². The van der Waals surface area contributed by atoms with E-state index in [9.17, 15) is 18.1 Å². The van der Waals surface area contributed by atoms with Crippen LogP contribution in [0.5, 0.6) is 0 Å². The van der Waals surface area contributed by atoms with Crippen molar-refractivity contribution < 1.29 is 47.6 Å². The maximum atomic E-state index is 11.4. The first-order valence-corrected chi connectivity index (χ1v) is 13.0. The first kappa shape index (κ1) is 31.1. The third kappa shape index (κ3) is 20.2. The van der Waals surface area contributed by atoms with Crippen LogP contribution in [-0.2, 0) is 10.1 Å². The van der Waals surface area contributed by atoms with Crippen LogP contribution in [0.2, 0.25) is 0 Å². The molecule has 2 unspecified atom stereocenters. The normalized spacial score (nSPS) is 13.9. The van der Waals surface area contributed by atoms with Crippen LogP contribution in [0, 0.1) is 0 Å². The Bertz CT molecular complexity index is 415. The molecule has 4 nitrogen and oxygen atoms in total. The summed E-state index contributed by atoms with van der Waals surface area (Å²) in [7, 11) is -4.14. The quantitative estimate of drug-likeness (QED) is 0.183. The van der Waals surface area contributed by atoms with Crippen molar-refractivity contribution >= 4 is 10.1 Å². The molecular weight excluding hydrogens is 383 g/mol. The van der Waals surface area contributed by atoms with E-state index >= 15 is 0 Å². The van der Waals surface area contributed by atoms with Gasteiger partial charge in [0, 0.05) is 5.25 Å². The molecule has 0 aliphatic carbocycles. The minimum absolute atomic E-state index is 0. The van der Waals surface area contributed by atoms with Gasteiger partial charge in [-0.25, -0.2) is 8.42 Å². The standard InChI is InChI=1S/C22H46O4S.Na/c1-3-5-6-15-19-22(27(24,25)26)20-16-13-11-9-7-8-10-12-14-18-21(23)17-4-2;/h21-23H,3-20H2,1-2H3,(H,24,25,26);/q;+1/p-1. The zero-order chi connectivity index (χ0) is 20.4. The fraction of sp³-hybridized carbons (Fsp3) is 1.00. The number of hydrogen-bond donors (Lipinski definition) is 1. The SMILES string of the molecule is CCCCCCC(CCCCCCCCCCCC(O)CCC)S(=O)(=O)[O-].[Na+]. The molecule has 1 N–H and O–H groups in total.